The molecule has 0 fully saturated rings. The van der Waals surface area contributed by atoms with Gasteiger partial charge in [0.15, 0.2) is 0 Å². The summed E-state index contributed by atoms with van der Waals surface area (Å²) in [4.78, 5) is 12.3. The second kappa shape index (κ2) is 9.04. The summed E-state index contributed by atoms with van der Waals surface area (Å²) < 4.78 is 28.6. The maximum atomic E-state index is 12.9. The predicted molar refractivity (Wildman–Crippen MR) is 110 cm³/mol. The summed E-state index contributed by atoms with van der Waals surface area (Å²) in [6, 6.07) is 11.8. The molecule has 27 heavy (non-hydrogen) atoms. The summed E-state index contributed by atoms with van der Waals surface area (Å²) in [5.74, 6) is -0.0856. The van der Waals surface area contributed by atoms with E-state index in [1.54, 1.807) is 12.1 Å². The molecule has 2 aromatic rings. The van der Waals surface area contributed by atoms with Crippen LogP contribution in [0.2, 0.25) is 0 Å². The third kappa shape index (κ3) is 5.32. The monoisotopic (exact) mass is 388 g/mol. The van der Waals surface area contributed by atoms with Crippen molar-refractivity contribution < 1.29 is 13.2 Å². The van der Waals surface area contributed by atoms with Gasteiger partial charge in [-0.1, -0.05) is 51.5 Å². The first-order valence-corrected chi connectivity index (χ1v) is 10.7. The van der Waals surface area contributed by atoms with Crippen molar-refractivity contribution in [2.75, 3.05) is 11.3 Å². The van der Waals surface area contributed by atoms with Crippen molar-refractivity contribution >= 4 is 21.6 Å². The minimum atomic E-state index is -3.80. The Morgan fingerprint density at radius 3 is 2.48 bits per heavy atom. The lowest BCUT2D eigenvalue weighted by molar-refractivity contribution is 0.0953. The van der Waals surface area contributed by atoms with Crippen LogP contribution < -0.4 is 10.0 Å². The lowest BCUT2D eigenvalue weighted by atomic mass is 9.99. The first kappa shape index (κ1) is 21.0. The van der Waals surface area contributed by atoms with Crippen LogP contribution in [0, 0.1) is 6.92 Å². The maximum absolute atomic E-state index is 12.9. The van der Waals surface area contributed by atoms with Crippen molar-refractivity contribution in [3.8, 4) is 0 Å². The van der Waals surface area contributed by atoms with E-state index in [2.05, 4.69) is 10.0 Å². The van der Waals surface area contributed by atoms with Crippen LogP contribution >= 0.6 is 0 Å². The number of carbonyl (C=O) groups is 1. The quantitative estimate of drug-likeness (QED) is 0.656. The highest BCUT2D eigenvalue weighted by atomic mass is 32.2. The van der Waals surface area contributed by atoms with Crippen LogP contribution in [0.15, 0.2) is 47.4 Å². The molecule has 0 aliphatic carbocycles. The molecule has 0 unspecified atom stereocenters. The highest BCUT2D eigenvalue weighted by Gasteiger charge is 2.20. The fourth-order valence-electron chi connectivity index (χ4n) is 2.79. The number of anilines is 1. The molecule has 0 aliphatic heterocycles. The van der Waals surface area contributed by atoms with E-state index in [0.29, 0.717) is 17.8 Å². The summed E-state index contributed by atoms with van der Waals surface area (Å²) in [7, 11) is -3.80. The second-order valence-corrected chi connectivity index (χ2v) is 8.62. The molecule has 0 spiro atoms. The number of nitrogens with one attached hydrogen (secondary N) is 2. The topological polar surface area (TPSA) is 75.3 Å². The minimum absolute atomic E-state index is 0.0728. The number of para-hydroxylation sites is 1. The zero-order chi connectivity index (χ0) is 20.0. The van der Waals surface area contributed by atoms with Crippen LogP contribution in [-0.2, 0) is 10.0 Å². The summed E-state index contributed by atoms with van der Waals surface area (Å²) in [5, 5.41) is 2.81. The van der Waals surface area contributed by atoms with Gasteiger partial charge in [0.2, 0.25) is 0 Å². The largest absolute Gasteiger partial charge is 0.352 e. The predicted octanol–water partition coefficient (Wildman–Crippen LogP) is 4.45. The Labute approximate surface area is 162 Å². The molecule has 146 valence electrons. The molecule has 0 aromatic heterocycles. The maximum Gasteiger partial charge on any atom is 0.261 e. The Balaban J connectivity index is 2.31. The highest BCUT2D eigenvalue weighted by Crippen LogP contribution is 2.29. The zero-order valence-corrected chi connectivity index (χ0v) is 17.2. The third-order valence-electron chi connectivity index (χ3n) is 4.39. The standard InChI is InChI=1S/C21H28N2O3S/c1-5-6-13-22-21(24)17-10-8-11-18(14-17)27(25,26)23-20-16(4)9-7-12-19(20)15(2)3/h7-12,14-15,23H,5-6,13H2,1-4H3,(H,22,24). The number of amides is 1. The van der Waals surface area contributed by atoms with Crippen molar-refractivity contribution in [3.63, 3.8) is 0 Å². The normalized spacial score (nSPS) is 11.4. The molecule has 0 saturated heterocycles. The van der Waals surface area contributed by atoms with Crippen molar-refractivity contribution in [3.05, 3.63) is 59.2 Å². The number of carbonyl (C=O) groups excluding carboxylic acids is 1. The van der Waals surface area contributed by atoms with Gasteiger partial charge in [-0.15, -0.1) is 0 Å². The molecular weight excluding hydrogens is 360 g/mol. The number of benzene rings is 2. The van der Waals surface area contributed by atoms with Gasteiger partial charge in [0, 0.05) is 12.1 Å². The van der Waals surface area contributed by atoms with Crippen LogP contribution in [0.1, 0.15) is 61.0 Å². The van der Waals surface area contributed by atoms with E-state index < -0.39 is 10.0 Å². The van der Waals surface area contributed by atoms with Gasteiger partial charge >= 0.3 is 0 Å². The molecule has 0 bridgehead atoms. The SMILES string of the molecule is CCCCNC(=O)c1cccc(S(=O)(=O)Nc2c(C)cccc2C(C)C)c1. The molecule has 0 heterocycles. The Morgan fingerprint density at radius 1 is 1.11 bits per heavy atom. The van der Waals surface area contributed by atoms with Crippen molar-refractivity contribution in [1.29, 1.82) is 0 Å². The van der Waals surface area contributed by atoms with E-state index in [-0.39, 0.29) is 16.7 Å². The summed E-state index contributed by atoms with van der Waals surface area (Å²) in [6.45, 7) is 8.54. The van der Waals surface area contributed by atoms with Crippen LogP contribution in [0.3, 0.4) is 0 Å². The molecule has 5 nitrogen and oxygen atoms in total. The molecule has 2 aromatic carbocycles. The molecular formula is C21H28N2O3S. The van der Waals surface area contributed by atoms with Gasteiger partial charge in [0.1, 0.15) is 0 Å². The minimum Gasteiger partial charge on any atom is -0.352 e. The molecule has 2 N–H and O–H groups in total. The summed E-state index contributed by atoms with van der Waals surface area (Å²) >= 11 is 0. The smallest absolute Gasteiger partial charge is 0.261 e. The first-order chi connectivity index (χ1) is 12.8. The van der Waals surface area contributed by atoms with Crippen molar-refractivity contribution in [2.24, 2.45) is 0 Å². The van der Waals surface area contributed by atoms with Crippen LogP contribution in [0.4, 0.5) is 5.69 Å². The number of aryl methyl sites for hydroxylation is 1. The summed E-state index contributed by atoms with van der Waals surface area (Å²) in [5.41, 5.74) is 2.73. The Kier molecular flexibility index (Phi) is 7.02. The summed E-state index contributed by atoms with van der Waals surface area (Å²) in [6.07, 6.45) is 1.86. The average molecular weight is 389 g/mol. The van der Waals surface area contributed by atoms with Gasteiger partial charge < -0.3 is 5.32 Å². The van der Waals surface area contributed by atoms with Crippen LogP contribution in [0.25, 0.3) is 0 Å². The van der Waals surface area contributed by atoms with Gasteiger partial charge in [0.25, 0.3) is 15.9 Å². The molecule has 0 saturated carbocycles. The highest BCUT2D eigenvalue weighted by molar-refractivity contribution is 7.92. The molecule has 1 amide bonds. The van der Waals surface area contributed by atoms with E-state index in [1.807, 2.05) is 45.9 Å². The van der Waals surface area contributed by atoms with E-state index >= 15 is 0 Å². The lowest BCUT2D eigenvalue weighted by Crippen LogP contribution is -2.24. The molecule has 0 atom stereocenters. The second-order valence-electron chi connectivity index (χ2n) is 6.94. The number of unbranched alkanes of at least 4 members (excludes halogenated alkanes) is 1. The molecule has 2 rings (SSSR count). The van der Waals surface area contributed by atoms with Gasteiger partial charge in [-0.3, -0.25) is 9.52 Å². The third-order valence-corrected chi connectivity index (χ3v) is 5.73. The van der Waals surface area contributed by atoms with E-state index in [9.17, 15) is 13.2 Å². The zero-order valence-electron chi connectivity index (χ0n) is 16.4. The van der Waals surface area contributed by atoms with Crippen LogP contribution in [-0.4, -0.2) is 20.9 Å². The van der Waals surface area contributed by atoms with Gasteiger partial charge in [-0.05, 0) is 48.6 Å². The van der Waals surface area contributed by atoms with Gasteiger partial charge in [0.05, 0.1) is 10.6 Å². The molecule has 6 heteroatoms. The van der Waals surface area contributed by atoms with Gasteiger partial charge in [-0.2, -0.15) is 0 Å². The van der Waals surface area contributed by atoms with Crippen molar-refractivity contribution in [2.45, 2.75) is 51.3 Å². The lowest BCUT2D eigenvalue weighted by Gasteiger charge is -2.17. The average Bonchev–Trinajstić information content (AvgIpc) is 2.63. The van der Waals surface area contributed by atoms with E-state index in [1.165, 1.54) is 12.1 Å². The van der Waals surface area contributed by atoms with Gasteiger partial charge in [-0.25, -0.2) is 8.42 Å². The first-order valence-electron chi connectivity index (χ1n) is 9.27. The van der Waals surface area contributed by atoms with E-state index in [0.717, 1.165) is 24.0 Å². The number of hydrogen-bond donors (Lipinski definition) is 2. The number of sulfonamides is 1. The number of hydrogen-bond acceptors (Lipinski definition) is 3. The number of rotatable bonds is 8. The Hall–Kier alpha value is -2.34. The van der Waals surface area contributed by atoms with E-state index in [4.69, 9.17) is 0 Å². The van der Waals surface area contributed by atoms with Crippen LogP contribution in [0.5, 0.6) is 0 Å². The molecule has 0 radical (unpaired) electrons. The van der Waals surface area contributed by atoms with Crippen molar-refractivity contribution in [1.82, 2.24) is 5.32 Å². The fourth-order valence-corrected chi connectivity index (χ4v) is 3.99. The fraction of sp³-hybridized carbons (Fsp3) is 0.381. The molecule has 0 aliphatic rings. The Morgan fingerprint density at radius 2 is 1.81 bits per heavy atom. The Bertz CT molecular complexity index is 905.